The first-order valence-corrected chi connectivity index (χ1v) is 11.2. The lowest BCUT2D eigenvalue weighted by atomic mass is 9.74. The first-order valence-electron chi connectivity index (χ1n) is 9.34. The Morgan fingerprint density at radius 2 is 1.71 bits per heavy atom. The highest BCUT2D eigenvalue weighted by Gasteiger charge is 2.37. The standard InChI is InChI=1S/C18H35N3O2S/c1-17(2,24(4,22)23)14-20-16(19-3)21-13-9-12-18(15-21)10-7-5-6-8-11-18/h5-15H2,1-4H3,(H,19,20). The van der Waals surface area contributed by atoms with E-state index in [2.05, 4.69) is 15.2 Å². The van der Waals surface area contributed by atoms with E-state index in [1.165, 1.54) is 57.6 Å². The molecule has 1 heterocycles. The summed E-state index contributed by atoms with van der Waals surface area (Å²) in [5, 5.41) is 3.32. The second-order valence-electron chi connectivity index (χ2n) is 8.37. The number of aliphatic imine (C=N–C) groups is 1. The van der Waals surface area contributed by atoms with Crippen LogP contribution in [-0.4, -0.2) is 57.0 Å². The molecule has 1 saturated heterocycles. The van der Waals surface area contributed by atoms with Crippen LogP contribution >= 0.6 is 0 Å². The SMILES string of the molecule is CN=C(NCC(C)(C)S(C)(=O)=O)N1CCCC2(CCCCCC2)C1. The summed E-state index contributed by atoms with van der Waals surface area (Å²) in [6.07, 6.45) is 11.9. The third-order valence-corrected chi connectivity index (χ3v) is 8.16. The van der Waals surface area contributed by atoms with E-state index in [-0.39, 0.29) is 0 Å². The number of nitrogens with zero attached hydrogens (tertiary/aromatic N) is 2. The lowest BCUT2D eigenvalue weighted by Crippen LogP contribution is -2.53. The zero-order chi connectivity index (χ0) is 17.8. The molecule has 1 aliphatic heterocycles. The second kappa shape index (κ2) is 7.63. The van der Waals surface area contributed by atoms with Crippen LogP contribution in [0.25, 0.3) is 0 Å². The number of sulfone groups is 1. The molecule has 0 aromatic carbocycles. The smallest absolute Gasteiger partial charge is 0.193 e. The van der Waals surface area contributed by atoms with Gasteiger partial charge < -0.3 is 10.2 Å². The minimum Gasteiger partial charge on any atom is -0.355 e. The first-order chi connectivity index (χ1) is 11.2. The summed E-state index contributed by atoms with van der Waals surface area (Å²) in [6.45, 7) is 6.01. The minimum absolute atomic E-state index is 0.391. The van der Waals surface area contributed by atoms with Gasteiger partial charge in [-0.3, -0.25) is 4.99 Å². The van der Waals surface area contributed by atoms with E-state index in [1.807, 2.05) is 0 Å². The van der Waals surface area contributed by atoms with Crippen molar-refractivity contribution >= 4 is 15.8 Å². The fourth-order valence-corrected chi connectivity index (χ4v) is 4.37. The molecule has 6 heteroatoms. The van der Waals surface area contributed by atoms with Crippen LogP contribution in [0.15, 0.2) is 4.99 Å². The van der Waals surface area contributed by atoms with Crippen LogP contribution in [-0.2, 0) is 9.84 Å². The molecule has 1 spiro atoms. The van der Waals surface area contributed by atoms with Crippen LogP contribution in [0.4, 0.5) is 0 Å². The van der Waals surface area contributed by atoms with Gasteiger partial charge in [0.15, 0.2) is 15.8 Å². The molecule has 1 N–H and O–H groups in total. The zero-order valence-electron chi connectivity index (χ0n) is 15.9. The maximum Gasteiger partial charge on any atom is 0.193 e. The maximum atomic E-state index is 11.9. The summed E-state index contributed by atoms with van der Waals surface area (Å²) < 4.78 is 23.0. The molecule has 0 aromatic heterocycles. The van der Waals surface area contributed by atoms with Crippen molar-refractivity contribution in [3.63, 3.8) is 0 Å². The molecule has 1 saturated carbocycles. The fourth-order valence-electron chi connectivity index (χ4n) is 4.03. The topological polar surface area (TPSA) is 61.8 Å². The zero-order valence-corrected chi connectivity index (χ0v) is 16.7. The summed E-state index contributed by atoms with van der Waals surface area (Å²) >= 11 is 0. The van der Waals surface area contributed by atoms with Crippen molar-refractivity contribution in [3.8, 4) is 0 Å². The van der Waals surface area contributed by atoms with Crippen LogP contribution in [0.5, 0.6) is 0 Å². The van der Waals surface area contributed by atoms with Crippen molar-refractivity contribution in [2.24, 2.45) is 10.4 Å². The largest absolute Gasteiger partial charge is 0.355 e. The molecule has 0 radical (unpaired) electrons. The van der Waals surface area contributed by atoms with Crippen LogP contribution < -0.4 is 5.32 Å². The van der Waals surface area contributed by atoms with Crippen LogP contribution in [0.1, 0.15) is 65.2 Å². The van der Waals surface area contributed by atoms with Gasteiger partial charge in [-0.25, -0.2) is 8.42 Å². The third-order valence-electron chi connectivity index (χ3n) is 6.01. The van der Waals surface area contributed by atoms with Gasteiger partial charge in [-0.1, -0.05) is 25.7 Å². The summed E-state index contributed by atoms with van der Waals surface area (Å²) in [4.78, 5) is 6.79. The minimum atomic E-state index is -3.10. The Morgan fingerprint density at radius 3 is 2.25 bits per heavy atom. The first kappa shape index (κ1) is 19.5. The molecular weight excluding hydrogens is 322 g/mol. The van der Waals surface area contributed by atoms with E-state index in [9.17, 15) is 8.42 Å². The molecule has 2 fully saturated rings. The van der Waals surface area contributed by atoms with Gasteiger partial charge in [0.05, 0.1) is 4.75 Å². The van der Waals surface area contributed by atoms with E-state index < -0.39 is 14.6 Å². The van der Waals surface area contributed by atoms with Gasteiger partial charge in [0.1, 0.15) is 0 Å². The summed E-state index contributed by atoms with van der Waals surface area (Å²) in [6, 6.07) is 0. The molecule has 0 atom stereocenters. The second-order valence-corrected chi connectivity index (χ2v) is 11.0. The lowest BCUT2D eigenvalue weighted by Gasteiger charge is -2.44. The fraction of sp³-hybridized carbons (Fsp3) is 0.944. The number of rotatable bonds is 3. The molecule has 24 heavy (non-hydrogen) atoms. The van der Waals surface area contributed by atoms with E-state index in [0.717, 1.165) is 19.0 Å². The predicted octanol–water partition coefficient (Wildman–Crippen LogP) is 2.82. The number of piperidine rings is 1. The molecule has 140 valence electrons. The summed E-state index contributed by atoms with van der Waals surface area (Å²) in [7, 11) is -1.31. The molecule has 0 aromatic rings. The molecule has 1 aliphatic carbocycles. The Balaban J connectivity index is 2.02. The molecule has 0 bridgehead atoms. The van der Waals surface area contributed by atoms with Crippen molar-refractivity contribution in [2.45, 2.75) is 70.0 Å². The Labute approximate surface area is 148 Å². The van der Waals surface area contributed by atoms with E-state index in [4.69, 9.17) is 0 Å². The molecule has 0 unspecified atom stereocenters. The highest BCUT2D eigenvalue weighted by Crippen LogP contribution is 2.42. The number of hydrogen-bond donors (Lipinski definition) is 1. The van der Waals surface area contributed by atoms with Gasteiger partial charge in [0.25, 0.3) is 0 Å². The predicted molar refractivity (Wildman–Crippen MR) is 101 cm³/mol. The van der Waals surface area contributed by atoms with Gasteiger partial charge in [-0.2, -0.15) is 0 Å². The van der Waals surface area contributed by atoms with Gasteiger partial charge in [0, 0.05) is 32.9 Å². The Morgan fingerprint density at radius 1 is 1.12 bits per heavy atom. The van der Waals surface area contributed by atoms with E-state index >= 15 is 0 Å². The van der Waals surface area contributed by atoms with Crippen LogP contribution in [0.2, 0.25) is 0 Å². The highest BCUT2D eigenvalue weighted by molar-refractivity contribution is 7.92. The average Bonchev–Trinajstić information content (AvgIpc) is 2.72. The number of hydrogen-bond acceptors (Lipinski definition) is 3. The lowest BCUT2D eigenvalue weighted by molar-refractivity contribution is 0.115. The van der Waals surface area contributed by atoms with Gasteiger partial charge in [-0.15, -0.1) is 0 Å². The molecule has 5 nitrogen and oxygen atoms in total. The quantitative estimate of drug-likeness (QED) is 0.623. The third kappa shape index (κ3) is 4.64. The molecular formula is C18H35N3O2S. The Kier molecular flexibility index (Phi) is 6.21. The number of guanidine groups is 1. The van der Waals surface area contributed by atoms with E-state index in [1.54, 1.807) is 20.9 Å². The number of nitrogens with one attached hydrogen (secondary N) is 1. The van der Waals surface area contributed by atoms with Crippen LogP contribution in [0.3, 0.4) is 0 Å². The van der Waals surface area contributed by atoms with Gasteiger partial charge >= 0.3 is 0 Å². The Hall–Kier alpha value is -0.780. The van der Waals surface area contributed by atoms with Gasteiger partial charge in [-0.05, 0) is 44.9 Å². The van der Waals surface area contributed by atoms with Crippen molar-refractivity contribution < 1.29 is 8.42 Å². The van der Waals surface area contributed by atoms with Crippen LogP contribution in [0, 0.1) is 5.41 Å². The van der Waals surface area contributed by atoms with E-state index in [0.29, 0.717) is 12.0 Å². The van der Waals surface area contributed by atoms with Crippen molar-refractivity contribution in [2.75, 3.05) is 32.9 Å². The number of likely N-dealkylation sites (tertiary alicyclic amines) is 1. The Bertz CT molecular complexity index is 547. The monoisotopic (exact) mass is 357 g/mol. The summed E-state index contributed by atoms with van der Waals surface area (Å²) in [5.41, 5.74) is 0.443. The molecule has 0 amide bonds. The van der Waals surface area contributed by atoms with Crippen molar-refractivity contribution in [1.29, 1.82) is 0 Å². The van der Waals surface area contributed by atoms with Crippen molar-refractivity contribution in [3.05, 3.63) is 0 Å². The average molecular weight is 358 g/mol. The highest BCUT2D eigenvalue weighted by atomic mass is 32.2. The van der Waals surface area contributed by atoms with Crippen molar-refractivity contribution in [1.82, 2.24) is 10.2 Å². The molecule has 2 aliphatic rings. The summed E-state index contributed by atoms with van der Waals surface area (Å²) in [5.74, 6) is 0.857. The van der Waals surface area contributed by atoms with Gasteiger partial charge in [0.2, 0.25) is 0 Å². The maximum absolute atomic E-state index is 11.9. The molecule has 2 rings (SSSR count). The normalized spacial score (nSPS) is 23.2.